The maximum atomic E-state index is 4.86. The Morgan fingerprint density at radius 3 is 2.71 bits per heavy atom. The predicted molar refractivity (Wildman–Crippen MR) is 87.6 cm³/mol. The zero-order chi connectivity index (χ0) is 14.7. The molecule has 0 bridgehead atoms. The van der Waals surface area contributed by atoms with E-state index in [0.29, 0.717) is 0 Å². The van der Waals surface area contributed by atoms with E-state index in [-0.39, 0.29) is 0 Å². The number of anilines is 1. The Bertz CT molecular complexity index is 634. The summed E-state index contributed by atoms with van der Waals surface area (Å²) in [5.41, 5.74) is 4.96. The molecule has 21 heavy (non-hydrogen) atoms. The predicted octanol–water partition coefficient (Wildman–Crippen LogP) is 4.15. The lowest BCUT2D eigenvalue weighted by Crippen LogP contribution is -2.14. The van der Waals surface area contributed by atoms with Gasteiger partial charge in [0.25, 0.3) is 0 Å². The molecular formula is C18H23N3. The van der Waals surface area contributed by atoms with Gasteiger partial charge in [0.1, 0.15) is 5.82 Å². The van der Waals surface area contributed by atoms with Crippen LogP contribution in [0.25, 0.3) is 11.4 Å². The molecule has 110 valence electrons. The van der Waals surface area contributed by atoms with E-state index >= 15 is 0 Å². The molecule has 0 spiro atoms. The van der Waals surface area contributed by atoms with E-state index in [0.717, 1.165) is 43.0 Å². The molecule has 1 aliphatic carbocycles. The van der Waals surface area contributed by atoms with Crippen LogP contribution in [0, 0.1) is 6.92 Å². The van der Waals surface area contributed by atoms with Gasteiger partial charge in [-0.15, -0.1) is 0 Å². The van der Waals surface area contributed by atoms with Crippen LogP contribution in [0.15, 0.2) is 24.3 Å². The first kappa shape index (κ1) is 14.1. The number of aryl methyl sites for hydroxylation is 2. The van der Waals surface area contributed by atoms with Crippen LogP contribution in [-0.2, 0) is 12.8 Å². The van der Waals surface area contributed by atoms with Crippen molar-refractivity contribution >= 4 is 5.82 Å². The van der Waals surface area contributed by atoms with Crippen LogP contribution >= 0.6 is 0 Å². The molecule has 2 aromatic rings. The van der Waals surface area contributed by atoms with E-state index in [4.69, 9.17) is 9.97 Å². The summed E-state index contributed by atoms with van der Waals surface area (Å²) >= 11 is 0. The molecule has 0 unspecified atom stereocenters. The van der Waals surface area contributed by atoms with E-state index in [1.165, 1.54) is 29.7 Å². The molecule has 0 saturated heterocycles. The average molecular weight is 281 g/mol. The summed E-state index contributed by atoms with van der Waals surface area (Å²) in [7, 11) is 0. The first-order valence-electron chi connectivity index (χ1n) is 7.99. The number of rotatable bonds is 4. The van der Waals surface area contributed by atoms with Crippen LogP contribution < -0.4 is 5.32 Å². The van der Waals surface area contributed by atoms with Crippen molar-refractivity contribution in [2.75, 3.05) is 11.9 Å². The number of nitrogens with one attached hydrogen (secondary N) is 1. The molecule has 1 heterocycles. The van der Waals surface area contributed by atoms with Gasteiger partial charge in [-0.2, -0.15) is 0 Å². The first-order chi connectivity index (χ1) is 10.3. The molecule has 1 aliphatic rings. The molecule has 0 amide bonds. The number of hydrogen-bond acceptors (Lipinski definition) is 3. The summed E-state index contributed by atoms with van der Waals surface area (Å²) in [5.74, 6) is 1.92. The van der Waals surface area contributed by atoms with Crippen molar-refractivity contribution in [2.45, 2.75) is 46.0 Å². The summed E-state index contributed by atoms with van der Waals surface area (Å²) in [6.45, 7) is 5.27. The molecule has 1 N–H and O–H groups in total. The van der Waals surface area contributed by atoms with Gasteiger partial charge in [0.05, 0.1) is 0 Å². The minimum absolute atomic E-state index is 0.868. The highest BCUT2D eigenvalue weighted by Gasteiger charge is 2.18. The second-order valence-corrected chi connectivity index (χ2v) is 5.77. The Balaban J connectivity index is 2.07. The molecule has 1 aromatic carbocycles. The van der Waals surface area contributed by atoms with Crippen molar-refractivity contribution in [3.63, 3.8) is 0 Å². The molecule has 0 saturated carbocycles. The van der Waals surface area contributed by atoms with Crippen LogP contribution in [0.2, 0.25) is 0 Å². The third-order valence-corrected chi connectivity index (χ3v) is 4.11. The van der Waals surface area contributed by atoms with E-state index < -0.39 is 0 Å². The zero-order valence-electron chi connectivity index (χ0n) is 12.9. The summed E-state index contributed by atoms with van der Waals surface area (Å²) in [6, 6.07) is 8.36. The van der Waals surface area contributed by atoms with Gasteiger partial charge in [-0.3, -0.25) is 0 Å². The lowest BCUT2D eigenvalue weighted by molar-refractivity contribution is 0.664. The lowest BCUT2D eigenvalue weighted by Gasteiger charge is -2.20. The Hall–Kier alpha value is -1.90. The number of nitrogens with zero attached hydrogens (tertiary/aromatic N) is 2. The van der Waals surface area contributed by atoms with Crippen molar-refractivity contribution in [1.82, 2.24) is 9.97 Å². The van der Waals surface area contributed by atoms with Crippen molar-refractivity contribution in [3.05, 3.63) is 41.1 Å². The van der Waals surface area contributed by atoms with Gasteiger partial charge in [0.15, 0.2) is 5.82 Å². The standard InChI is InChI=1S/C18H23N3/c1-3-12-19-17-15-10-6-7-11-16(15)20-18(21-17)14-9-5-4-8-13(14)2/h4-5,8-9H,3,6-7,10-12H2,1-2H3,(H,19,20,21). The SMILES string of the molecule is CCCNc1nc(-c2ccccc2C)nc2c1CCCC2. The van der Waals surface area contributed by atoms with E-state index in [1.807, 2.05) is 0 Å². The highest BCUT2D eigenvalue weighted by molar-refractivity contribution is 5.63. The molecule has 3 rings (SSSR count). The van der Waals surface area contributed by atoms with E-state index in [2.05, 4.69) is 43.4 Å². The van der Waals surface area contributed by atoms with Crippen LogP contribution in [-0.4, -0.2) is 16.5 Å². The minimum Gasteiger partial charge on any atom is -0.370 e. The van der Waals surface area contributed by atoms with Gasteiger partial charge >= 0.3 is 0 Å². The van der Waals surface area contributed by atoms with Gasteiger partial charge in [0.2, 0.25) is 0 Å². The summed E-state index contributed by atoms with van der Waals surface area (Å²) in [5, 5.41) is 3.50. The van der Waals surface area contributed by atoms with E-state index in [1.54, 1.807) is 0 Å². The fourth-order valence-corrected chi connectivity index (χ4v) is 2.93. The topological polar surface area (TPSA) is 37.8 Å². The Morgan fingerprint density at radius 2 is 1.90 bits per heavy atom. The van der Waals surface area contributed by atoms with Crippen LogP contribution in [0.4, 0.5) is 5.82 Å². The molecule has 0 aliphatic heterocycles. The summed E-state index contributed by atoms with van der Waals surface area (Å²) < 4.78 is 0. The number of hydrogen-bond donors (Lipinski definition) is 1. The number of aromatic nitrogens is 2. The quantitative estimate of drug-likeness (QED) is 0.914. The second-order valence-electron chi connectivity index (χ2n) is 5.77. The monoisotopic (exact) mass is 281 g/mol. The van der Waals surface area contributed by atoms with Crippen molar-refractivity contribution in [2.24, 2.45) is 0 Å². The van der Waals surface area contributed by atoms with Crippen LogP contribution in [0.5, 0.6) is 0 Å². The Morgan fingerprint density at radius 1 is 1.10 bits per heavy atom. The lowest BCUT2D eigenvalue weighted by atomic mass is 9.96. The molecular weight excluding hydrogens is 258 g/mol. The largest absolute Gasteiger partial charge is 0.370 e. The van der Waals surface area contributed by atoms with Gasteiger partial charge in [0, 0.05) is 23.4 Å². The van der Waals surface area contributed by atoms with Crippen LogP contribution in [0.1, 0.15) is 43.0 Å². The summed E-state index contributed by atoms with van der Waals surface area (Å²) in [6.07, 6.45) is 5.79. The third-order valence-electron chi connectivity index (χ3n) is 4.11. The average Bonchev–Trinajstić information content (AvgIpc) is 2.53. The molecule has 1 aromatic heterocycles. The highest BCUT2D eigenvalue weighted by Crippen LogP contribution is 2.29. The molecule has 0 fully saturated rings. The number of fused-ring (bicyclic) bond motifs is 1. The van der Waals surface area contributed by atoms with Crippen molar-refractivity contribution in [3.8, 4) is 11.4 Å². The Kier molecular flexibility index (Phi) is 4.18. The molecule has 3 nitrogen and oxygen atoms in total. The summed E-state index contributed by atoms with van der Waals surface area (Å²) in [4.78, 5) is 9.69. The normalized spacial score (nSPS) is 13.8. The first-order valence-corrected chi connectivity index (χ1v) is 7.99. The molecule has 0 radical (unpaired) electrons. The van der Waals surface area contributed by atoms with Crippen LogP contribution in [0.3, 0.4) is 0 Å². The highest BCUT2D eigenvalue weighted by atomic mass is 15.0. The maximum Gasteiger partial charge on any atom is 0.162 e. The zero-order valence-corrected chi connectivity index (χ0v) is 12.9. The maximum absolute atomic E-state index is 4.86. The van der Waals surface area contributed by atoms with Gasteiger partial charge in [-0.05, 0) is 44.6 Å². The minimum atomic E-state index is 0.868. The van der Waals surface area contributed by atoms with E-state index in [9.17, 15) is 0 Å². The van der Waals surface area contributed by atoms with Crippen molar-refractivity contribution in [1.29, 1.82) is 0 Å². The Labute approximate surface area is 126 Å². The fraction of sp³-hybridized carbons (Fsp3) is 0.444. The smallest absolute Gasteiger partial charge is 0.162 e. The van der Waals surface area contributed by atoms with Crippen molar-refractivity contribution < 1.29 is 0 Å². The molecule has 0 atom stereocenters. The van der Waals surface area contributed by atoms with Gasteiger partial charge in [-0.1, -0.05) is 31.2 Å². The fourth-order valence-electron chi connectivity index (χ4n) is 2.93. The second kappa shape index (κ2) is 6.25. The third kappa shape index (κ3) is 2.92. The van der Waals surface area contributed by atoms with Gasteiger partial charge in [-0.25, -0.2) is 9.97 Å². The molecule has 3 heteroatoms. The number of benzene rings is 1. The van der Waals surface area contributed by atoms with Gasteiger partial charge < -0.3 is 5.32 Å².